The minimum Gasteiger partial charge on any atom is -0.396 e. The molecule has 0 spiro atoms. The van der Waals surface area contributed by atoms with E-state index in [0.717, 1.165) is 38.2 Å². The van der Waals surface area contributed by atoms with Gasteiger partial charge in [-0.1, -0.05) is 0 Å². The average Bonchev–Trinajstić information content (AvgIpc) is 2.32. The standard InChI is InChI=1S/C12H17FN2O/c13-11-1-2-12(14-9-11)15-6-3-10(4-7-15)5-8-16/h1-2,9-10,16H,3-8H2. The number of aliphatic hydroxyl groups is 1. The molecule has 1 aromatic heterocycles. The Hall–Kier alpha value is -1.16. The van der Waals surface area contributed by atoms with Crippen molar-refractivity contribution in [2.45, 2.75) is 19.3 Å². The second-order valence-corrected chi connectivity index (χ2v) is 4.28. The number of aliphatic hydroxyl groups excluding tert-OH is 1. The molecular formula is C12H17FN2O. The molecule has 1 fully saturated rings. The van der Waals surface area contributed by atoms with Crippen molar-refractivity contribution in [3.8, 4) is 0 Å². The summed E-state index contributed by atoms with van der Waals surface area (Å²) in [6.07, 6.45) is 4.32. The smallest absolute Gasteiger partial charge is 0.141 e. The molecule has 3 nitrogen and oxygen atoms in total. The molecule has 1 N–H and O–H groups in total. The van der Waals surface area contributed by atoms with E-state index in [-0.39, 0.29) is 12.4 Å². The lowest BCUT2D eigenvalue weighted by atomic mass is 9.94. The van der Waals surface area contributed by atoms with E-state index >= 15 is 0 Å². The second-order valence-electron chi connectivity index (χ2n) is 4.28. The fourth-order valence-corrected chi connectivity index (χ4v) is 2.19. The lowest BCUT2D eigenvalue weighted by Crippen LogP contribution is -2.34. The van der Waals surface area contributed by atoms with Crippen molar-refractivity contribution in [3.05, 3.63) is 24.1 Å². The van der Waals surface area contributed by atoms with E-state index in [2.05, 4.69) is 9.88 Å². The van der Waals surface area contributed by atoms with E-state index < -0.39 is 0 Å². The van der Waals surface area contributed by atoms with Crippen LogP contribution in [-0.2, 0) is 0 Å². The van der Waals surface area contributed by atoms with E-state index in [1.165, 1.54) is 12.3 Å². The summed E-state index contributed by atoms with van der Waals surface area (Å²) in [5.41, 5.74) is 0. The lowest BCUT2D eigenvalue weighted by Gasteiger charge is -2.32. The van der Waals surface area contributed by atoms with Crippen molar-refractivity contribution in [2.24, 2.45) is 5.92 Å². The molecular weight excluding hydrogens is 207 g/mol. The SMILES string of the molecule is OCCC1CCN(c2ccc(F)cn2)CC1. The summed E-state index contributed by atoms with van der Waals surface area (Å²) in [4.78, 5) is 6.25. The van der Waals surface area contributed by atoms with E-state index in [0.29, 0.717) is 5.92 Å². The number of pyridine rings is 1. The van der Waals surface area contributed by atoms with Crippen LogP contribution in [0.2, 0.25) is 0 Å². The molecule has 0 unspecified atom stereocenters. The number of hydrogen-bond donors (Lipinski definition) is 1. The number of piperidine rings is 1. The Morgan fingerprint density at radius 1 is 1.38 bits per heavy atom. The molecule has 1 saturated heterocycles. The number of halogens is 1. The van der Waals surface area contributed by atoms with Crippen LogP contribution in [0.1, 0.15) is 19.3 Å². The maximum atomic E-state index is 12.7. The number of rotatable bonds is 3. The van der Waals surface area contributed by atoms with Crippen LogP contribution in [0.15, 0.2) is 18.3 Å². The third-order valence-electron chi connectivity index (χ3n) is 3.19. The van der Waals surface area contributed by atoms with Gasteiger partial charge in [-0.25, -0.2) is 9.37 Å². The molecule has 1 aliphatic rings. The topological polar surface area (TPSA) is 36.4 Å². The van der Waals surface area contributed by atoms with Crippen LogP contribution < -0.4 is 4.90 Å². The number of nitrogens with zero attached hydrogens (tertiary/aromatic N) is 2. The number of hydrogen-bond acceptors (Lipinski definition) is 3. The maximum Gasteiger partial charge on any atom is 0.141 e. The Kier molecular flexibility index (Phi) is 3.72. The summed E-state index contributed by atoms with van der Waals surface area (Å²) in [6.45, 7) is 2.17. The average molecular weight is 224 g/mol. The van der Waals surface area contributed by atoms with E-state index in [4.69, 9.17) is 5.11 Å². The van der Waals surface area contributed by atoms with Crippen molar-refractivity contribution in [2.75, 3.05) is 24.6 Å². The minimum absolute atomic E-state index is 0.277. The molecule has 2 heterocycles. The monoisotopic (exact) mass is 224 g/mol. The van der Waals surface area contributed by atoms with Gasteiger partial charge < -0.3 is 10.0 Å². The molecule has 0 bridgehead atoms. The second kappa shape index (κ2) is 5.25. The zero-order valence-electron chi connectivity index (χ0n) is 9.27. The summed E-state index contributed by atoms with van der Waals surface area (Å²) in [5, 5.41) is 8.86. The highest BCUT2D eigenvalue weighted by atomic mass is 19.1. The highest BCUT2D eigenvalue weighted by Gasteiger charge is 2.19. The summed E-state index contributed by atoms with van der Waals surface area (Å²) in [5.74, 6) is 1.18. The van der Waals surface area contributed by atoms with Crippen LogP contribution in [-0.4, -0.2) is 29.8 Å². The Bertz CT molecular complexity index is 320. The van der Waals surface area contributed by atoms with Crippen LogP contribution in [0.5, 0.6) is 0 Å². The number of anilines is 1. The molecule has 0 radical (unpaired) electrons. The first-order valence-corrected chi connectivity index (χ1v) is 5.77. The molecule has 0 saturated carbocycles. The van der Waals surface area contributed by atoms with Gasteiger partial charge in [-0.3, -0.25) is 0 Å². The van der Waals surface area contributed by atoms with Gasteiger partial charge in [0.1, 0.15) is 11.6 Å². The molecule has 1 aliphatic heterocycles. The highest BCUT2D eigenvalue weighted by molar-refractivity contribution is 5.38. The molecule has 4 heteroatoms. The van der Waals surface area contributed by atoms with Crippen molar-refractivity contribution in [1.82, 2.24) is 4.98 Å². The quantitative estimate of drug-likeness (QED) is 0.850. The third-order valence-corrected chi connectivity index (χ3v) is 3.19. The summed E-state index contributed by atoms with van der Waals surface area (Å²) >= 11 is 0. The summed E-state index contributed by atoms with van der Waals surface area (Å²) in [6, 6.07) is 3.17. The fraction of sp³-hybridized carbons (Fsp3) is 0.583. The summed E-state index contributed by atoms with van der Waals surface area (Å²) in [7, 11) is 0. The van der Waals surface area contributed by atoms with Gasteiger partial charge in [0.25, 0.3) is 0 Å². The molecule has 88 valence electrons. The van der Waals surface area contributed by atoms with Crippen molar-refractivity contribution < 1.29 is 9.50 Å². The van der Waals surface area contributed by atoms with Crippen LogP contribution in [0.4, 0.5) is 10.2 Å². The zero-order chi connectivity index (χ0) is 11.4. The van der Waals surface area contributed by atoms with Gasteiger partial charge in [-0.05, 0) is 37.3 Å². The van der Waals surface area contributed by atoms with Gasteiger partial charge in [0, 0.05) is 19.7 Å². The molecule has 1 aromatic rings. The van der Waals surface area contributed by atoms with Gasteiger partial charge in [-0.15, -0.1) is 0 Å². The Morgan fingerprint density at radius 2 is 2.12 bits per heavy atom. The first-order valence-electron chi connectivity index (χ1n) is 5.77. The molecule has 0 aliphatic carbocycles. The van der Waals surface area contributed by atoms with Crippen LogP contribution >= 0.6 is 0 Å². The largest absolute Gasteiger partial charge is 0.396 e. The summed E-state index contributed by atoms with van der Waals surface area (Å²) < 4.78 is 12.7. The third kappa shape index (κ3) is 2.70. The minimum atomic E-state index is -0.293. The van der Waals surface area contributed by atoms with Crippen molar-refractivity contribution in [3.63, 3.8) is 0 Å². The van der Waals surface area contributed by atoms with E-state index in [1.54, 1.807) is 6.07 Å². The maximum absolute atomic E-state index is 12.7. The predicted molar refractivity (Wildman–Crippen MR) is 60.8 cm³/mol. The molecule has 0 aromatic carbocycles. The molecule has 0 amide bonds. The van der Waals surface area contributed by atoms with Gasteiger partial charge in [-0.2, -0.15) is 0 Å². The lowest BCUT2D eigenvalue weighted by molar-refractivity contribution is 0.240. The molecule has 2 rings (SSSR count). The Labute approximate surface area is 94.9 Å². The normalized spacial score (nSPS) is 17.8. The van der Waals surface area contributed by atoms with Crippen LogP contribution in [0.25, 0.3) is 0 Å². The zero-order valence-corrected chi connectivity index (χ0v) is 9.27. The van der Waals surface area contributed by atoms with Crippen molar-refractivity contribution in [1.29, 1.82) is 0 Å². The van der Waals surface area contributed by atoms with Gasteiger partial charge in [0.05, 0.1) is 6.20 Å². The first-order chi connectivity index (χ1) is 7.79. The Balaban J connectivity index is 1.91. The number of aromatic nitrogens is 1. The fourth-order valence-electron chi connectivity index (χ4n) is 2.19. The molecule has 0 atom stereocenters. The van der Waals surface area contributed by atoms with Crippen molar-refractivity contribution >= 4 is 5.82 Å². The van der Waals surface area contributed by atoms with Gasteiger partial charge in [0.2, 0.25) is 0 Å². The van der Waals surface area contributed by atoms with Gasteiger partial charge >= 0.3 is 0 Å². The van der Waals surface area contributed by atoms with E-state index in [9.17, 15) is 4.39 Å². The van der Waals surface area contributed by atoms with Gasteiger partial charge in [0.15, 0.2) is 0 Å². The Morgan fingerprint density at radius 3 is 2.69 bits per heavy atom. The highest BCUT2D eigenvalue weighted by Crippen LogP contribution is 2.23. The predicted octanol–water partition coefficient (Wildman–Crippen LogP) is 1.82. The van der Waals surface area contributed by atoms with Crippen LogP contribution in [0, 0.1) is 11.7 Å². The molecule has 16 heavy (non-hydrogen) atoms. The van der Waals surface area contributed by atoms with E-state index in [1.807, 2.05) is 0 Å². The van der Waals surface area contributed by atoms with Crippen LogP contribution in [0.3, 0.4) is 0 Å². The first kappa shape index (κ1) is 11.3.